The maximum absolute atomic E-state index is 12.6. The van der Waals surface area contributed by atoms with E-state index >= 15 is 0 Å². The molecule has 24 heavy (non-hydrogen) atoms. The average Bonchev–Trinajstić information content (AvgIpc) is 2.55. The fraction of sp³-hybridized carbons (Fsp3) is 0.312. The van der Waals surface area contributed by atoms with E-state index in [1.807, 2.05) is 30.3 Å². The zero-order valence-electron chi connectivity index (χ0n) is 13.4. The number of aromatic amines is 1. The molecule has 0 saturated heterocycles. The van der Waals surface area contributed by atoms with E-state index in [-0.39, 0.29) is 18.0 Å². The number of halogens is 1. The molecule has 0 bridgehead atoms. The number of hydrogen-bond acceptors (Lipinski definition) is 4. The molecule has 0 atom stereocenters. The average molecular weight is 353 g/mol. The normalized spacial score (nSPS) is 10.1. The third-order valence-corrected chi connectivity index (χ3v) is 3.54. The van der Waals surface area contributed by atoms with Crippen LogP contribution in [-0.2, 0) is 13.5 Å². The topological polar surface area (TPSA) is 101 Å². The Morgan fingerprint density at radius 3 is 2.50 bits per heavy atom. The number of hydrogen-bond donors (Lipinski definition) is 2. The summed E-state index contributed by atoms with van der Waals surface area (Å²) in [6.07, 6.45) is 1.92. The van der Waals surface area contributed by atoms with Crippen molar-refractivity contribution in [1.29, 1.82) is 0 Å². The second-order valence-electron chi connectivity index (χ2n) is 5.23. The van der Waals surface area contributed by atoms with Crippen molar-refractivity contribution in [3.05, 3.63) is 68.5 Å². The predicted octanol–water partition coefficient (Wildman–Crippen LogP) is 0.139. The minimum absolute atomic E-state index is 0. The number of benzene rings is 1. The highest BCUT2D eigenvalue weighted by atomic mass is 35.5. The van der Waals surface area contributed by atoms with Crippen molar-refractivity contribution in [2.24, 2.45) is 12.8 Å². The molecule has 0 spiro atoms. The van der Waals surface area contributed by atoms with Gasteiger partial charge in [0.1, 0.15) is 5.56 Å². The van der Waals surface area contributed by atoms with Gasteiger partial charge in [0, 0.05) is 32.9 Å². The summed E-state index contributed by atoms with van der Waals surface area (Å²) in [7, 11) is 1.48. The number of aromatic nitrogens is 2. The van der Waals surface area contributed by atoms with Gasteiger partial charge in [-0.15, -0.1) is 12.4 Å². The standard InChI is InChI=1S/C16H20N4O3.ClH/c1-19-11-13(14(21)18-16(19)23)15(22)20(10-8-17)9-7-12-5-3-2-4-6-12;/h2-6,11H,7-10,17H2,1H3,(H,18,21,23);1H. The number of H-pyrrole nitrogens is 1. The van der Waals surface area contributed by atoms with Crippen LogP contribution in [0.4, 0.5) is 0 Å². The number of carbonyl (C=O) groups excluding carboxylic acids is 1. The lowest BCUT2D eigenvalue weighted by Crippen LogP contribution is -2.41. The molecule has 1 amide bonds. The lowest BCUT2D eigenvalue weighted by Gasteiger charge is -2.22. The van der Waals surface area contributed by atoms with Crippen LogP contribution in [0, 0.1) is 0 Å². The summed E-state index contributed by atoms with van der Waals surface area (Å²) < 4.78 is 1.17. The highest BCUT2D eigenvalue weighted by molar-refractivity contribution is 5.93. The maximum atomic E-state index is 12.6. The van der Waals surface area contributed by atoms with Gasteiger partial charge in [0.15, 0.2) is 0 Å². The SMILES string of the molecule is Cl.Cn1cc(C(=O)N(CCN)CCc2ccccc2)c(=O)[nH]c1=O. The molecule has 1 aromatic heterocycles. The van der Waals surface area contributed by atoms with Gasteiger partial charge in [0.25, 0.3) is 11.5 Å². The minimum Gasteiger partial charge on any atom is -0.337 e. The van der Waals surface area contributed by atoms with Crippen molar-refractivity contribution in [1.82, 2.24) is 14.5 Å². The second kappa shape index (κ2) is 9.05. The zero-order valence-corrected chi connectivity index (χ0v) is 14.2. The van der Waals surface area contributed by atoms with Crippen molar-refractivity contribution in [2.45, 2.75) is 6.42 Å². The molecule has 0 fully saturated rings. The van der Waals surface area contributed by atoms with E-state index < -0.39 is 17.2 Å². The van der Waals surface area contributed by atoms with Crippen molar-refractivity contribution in [3.8, 4) is 0 Å². The van der Waals surface area contributed by atoms with Crippen LogP contribution in [0.1, 0.15) is 15.9 Å². The molecule has 8 heteroatoms. The quantitative estimate of drug-likeness (QED) is 0.772. The first-order chi connectivity index (χ1) is 11.0. The monoisotopic (exact) mass is 352 g/mol. The van der Waals surface area contributed by atoms with E-state index in [1.165, 1.54) is 22.7 Å². The first kappa shape index (κ1) is 19.7. The fourth-order valence-corrected chi connectivity index (χ4v) is 2.27. The third kappa shape index (κ3) is 4.81. The Morgan fingerprint density at radius 1 is 1.21 bits per heavy atom. The highest BCUT2D eigenvalue weighted by Crippen LogP contribution is 2.04. The number of nitrogens with two attached hydrogens (primary N) is 1. The lowest BCUT2D eigenvalue weighted by molar-refractivity contribution is 0.0759. The summed E-state index contributed by atoms with van der Waals surface area (Å²) in [6.45, 7) is 1.08. The van der Waals surface area contributed by atoms with Crippen LogP contribution in [0.2, 0.25) is 0 Å². The highest BCUT2D eigenvalue weighted by Gasteiger charge is 2.19. The molecule has 2 aromatic rings. The number of amides is 1. The van der Waals surface area contributed by atoms with Crippen LogP contribution in [0.3, 0.4) is 0 Å². The molecule has 130 valence electrons. The van der Waals surface area contributed by atoms with Crippen LogP contribution in [0.25, 0.3) is 0 Å². The second-order valence-corrected chi connectivity index (χ2v) is 5.23. The van der Waals surface area contributed by atoms with E-state index in [1.54, 1.807) is 0 Å². The molecular weight excluding hydrogens is 332 g/mol. The Labute approximate surface area is 145 Å². The van der Waals surface area contributed by atoms with Crippen LogP contribution in [0.15, 0.2) is 46.1 Å². The van der Waals surface area contributed by atoms with Crippen molar-refractivity contribution < 1.29 is 4.79 Å². The third-order valence-electron chi connectivity index (χ3n) is 3.54. The summed E-state index contributed by atoms with van der Waals surface area (Å²) in [5.41, 5.74) is 5.37. The molecule has 0 aliphatic carbocycles. The fourth-order valence-electron chi connectivity index (χ4n) is 2.27. The van der Waals surface area contributed by atoms with Gasteiger partial charge in [0.05, 0.1) is 0 Å². The van der Waals surface area contributed by atoms with Gasteiger partial charge >= 0.3 is 5.69 Å². The molecule has 0 unspecified atom stereocenters. The minimum atomic E-state index is -0.681. The Kier molecular flexibility index (Phi) is 7.41. The summed E-state index contributed by atoms with van der Waals surface area (Å²) >= 11 is 0. The van der Waals surface area contributed by atoms with E-state index in [2.05, 4.69) is 4.98 Å². The Bertz CT molecular complexity index is 786. The smallest absolute Gasteiger partial charge is 0.328 e. The van der Waals surface area contributed by atoms with Crippen LogP contribution >= 0.6 is 12.4 Å². The number of rotatable bonds is 6. The number of aryl methyl sites for hydroxylation is 1. The van der Waals surface area contributed by atoms with Crippen molar-refractivity contribution in [3.63, 3.8) is 0 Å². The zero-order chi connectivity index (χ0) is 16.8. The predicted molar refractivity (Wildman–Crippen MR) is 94.7 cm³/mol. The van der Waals surface area contributed by atoms with E-state index in [0.29, 0.717) is 26.1 Å². The van der Waals surface area contributed by atoms with Crippen LogP contribution in [0.5, 0.6) is 0 Å². The Hall–Kier alpha value is -2.38. The van der Waals surface area contributed by atoms with Crippen LogP contribution < -0.4 is 17.0 Å². The molecule has 1 heterocycles. The van der Waals surface area contributed by atoms with E-state index in [0.717, 1.165) is 5.56 Å². The van der Waals surface area contributed by atoms with Gasteiger partial charge in [-0.05, 0) is 12.0 Å². The van der Waals surface area contributed by atoms with E-state index in [9.17, 15) is 14.4 Å². The summed E-state index contributed by atoms with van der Waals surface area (Å²) in [5.74, 6) is -0.428. The van der Waals surface area contributed by atoms with Gasteiger partial charge in [-0.2, -0.15) is 0 Å². The van der Waals surface area contributed by atoms with Gasteiger partial charge in [0.2, 0.25) is 0 Å². The number of nitrogens with zero attached hydrogens (tertiary/aromatic N) is 2. The number of nitrogens with one attached hydrogen (secondary N) is 1. The summed E-state index contributed by atoms with van der Waals surface area (Å²) in [6, 6.07) is 9.74. The molecule has 0 aliphatic rings. The maximum Gasteiger partial charge on any atom is 0.328 e. The Balaban J connectivity index is 0.00000288. The largest absolute Gasteiger partial charge is 0.337 e. The van der Waals surface area contributed by atoms with Gasteiger partial charge < -0.3 is 15.2 Å². The molecule has 3 N–H and O–H groups in total. The van der Waals surface area contributed by atoms with Gasteiger partial charge in [-0.3, -0.25) is 14.6 Å². The molecule has 7 nitrogen and oxygen atoms in total. The molecule has 2 rings (SSSR count). The first-order valence-electron chi connectivity index (χ1n) is 7.36. The summed E-state index contributed by atoms with van der Waals surface area (Å²) in [4.78, 5) is 39.5. The number of carbonyl (C=O) groups is 1. The van der Waals surface area contributed by atoms with Gasteiger partial charge in [-0.25, -0.2) is 4.79 Å². The van der Waals surface area contributed by atoms with Gasteiger partial charge in [-0.1, -0.05) is 30.3 Å². The lowest BCUT2D eigenvalue weighted by atomic mass is 10.1. The van der Waals surface area contributed by atoms with E-state index in [4.69, 9.17) is 5.73 Å². The first-order valence-corrected chi connectivity index (χ1v) is 7.36. The molecule has 0 aliphatic heterocycles. The van der Waals surface area contributed by atoms with Crippen molar-refractivity contribution >= 4 is 18.3 Å². The molecule has 0 radical (unpaired) electrons. The molecular formula is C16H21ClN4O3. The molecule has 1 aromatic carbocycles. The Morgan fingerprint density at radius 2 is 1.88 bits per heavy atom. The van der Waals surface area contributed by atoms with Crippen molar-refractivity contribution in [2.75, 3.05) is 19.6 Å². The van der Waals surface area contributed by atoms with Crippen LogP contribution in [-0.4, -0.2) is 40.0 Å². The summed E-state index contributed by atoms with van der Waals surface area (Å²) in [5, 5.41) is 0. The molecule has 0 saturated carbocycles.